The molecule has 0 aromatic heterocycles. The lowest BCUT2D eigenvalue weighted by molar-refractivity contribution is -0.253. The molecule has 1 aromatic carbocycles. The van der Waals surface area contributed by atoms with Crippen LogP contribution in [0.15, 0.2) is 24.3 Å². The minimum Gasteiger partial charge on any atom is -0.428 e. The van der Waals surface area contributed by atoms with Gasteiger partial charge in [-0.25, -0.2) is 0 Å². The third-order valence-corrected chi connectivity index (χ3v) is 2.79. The predicted molar refractivity (Wildman–Crippen MR) is 67.9 cm³/mol. The molecule has 0 aliphatic rings. The van der Waals surface area contributed by atoms with Gasteiger partial charge in [0.05, 0.1) is 0 Å². The molecule has 0 radical (unpaired) electrons. The minimum atomic E-state index is -4.50. The summed E-state index contributed by atoms with van der Waals surface area (Å²) >= 11 is 0. The zero-order chi connectivity index (χ0) is 15.2. The summed E-state index contributed by atoms with van der Waals surface area (Å²) in [5, 5.41) is 0. The first-order valence-corrected chi connectivity index (χ1v) is 6.27. The number of nitrogens with two attached hydrogens (primary N) is 2. The molecule has 0 spiro atoms. The summed E-state index contributed by atoms with van der Waals surface area (Å²) in [7, 11) is 0. The molecule has 0 saturated heterocycles. The first-order valence-electron chi connectivity index (χ1n) is 6.27. The molecule has 7 heteroatoms. The zero-order valence-corrected chi connectivity index (χ0v) is 10.9. The zero-order valence-electron chi connectivity index (χ0n) is 10.9. The summed E-state index contributed by atoms with van der Waals surface area (Å²) in [6.45, 7) is 0.586. The Bertz CT molecular complexity index is 398. The Morgan fingerprint density at radius 3 is 2.20 bits per heavy atom. The standard InChI is InChI=1S/C13H18F4N2O/c14-12(15)13(16,17)20-10-6-4-9(5-7-10)11(19)3-1-2-8-18/h4-7,11-12H,1-3,8,18-19H2/t11-/m1/s1. The van der Waals surface area contributed by atoms with E-state index in [1.807, 2.05) is 0 Å². The van der Waals surface area contributed by atoms with E-state index in [-0.39, 0.29) is 11.8 Å². The maximum absolute atomic E-state index is 12.7. The van der Waals surface area contributed by atoms with Crippen LogP contribution < -0.4 is 16.2 Å². The number of unbranched alkanes of at least 4 members (excludes halogenated alkanes) is 1. The fourth-order valence-corrected chi connectivity index (χ4v) is 1.66. The Morgan fingerprint density at radius 2 is 1.70 bits per heavy atom. The van der Waals surface area contributed by atoms with E-state index in [1.165, 1.54) is 24.3 Å². The molecule has 0 unspecified atom stereocenters. The lowest BCUT2D eigenvalue weighted by Gasteiger charge is -2.17. The number of ether oxygens (including phenoxy) is 1. The van der Waals surface area contributed by atoms with Crippen molar-refractivity contribution in [2.75, 3.05) is 6.54 Å². The molecule has 0 amide bonds. The number of hydrogen-bond donors (Lipinski definition) is 2. The van der Waals surface area contributed by atoms with Gasteiger partial charge >= 0.3 is 12.5 Å². The monoisotopic (exact) mass is 294 g/mol. The maximum Gasteiger partial charge on any atom is 0.461 e. The lowest BCUT2D eigenvalue weighted by atomic mass is 10.0. The molecule has 114 valence electrons. The van der Waals surface area contributed by atoms with Crippen LogP contribution in [0.5, 0.6) is 5.75 Å². The van der Waals surface area contributed by atoms with Crippen molar-refractivity contribution >= 4 is 0 Å². The third kappa shape index (κ3) is 4.97. The number of rotatable bonds is 8. The second-order valence-corrected chi connectivity index (χ2v) is 4.42. The predicted octanol–water partition coefficient (Wildman–Crippen LogP) is 3.05. The Hall–Kier alpha value is -1.34. The van der Waals surface area contributed by atoms with E-state index >= 15 is 0 Å². The van der Waals surface area contributed by atoms with Crippen LogP contribution in [0.3, 0.4) is 0 Å². The highest BCUT2D eigenvalue weighted by Crippen LogP contribution is 2.28. The van der Waals surface area contributed by atoms with Crippen LogP contribution in [0.2, 0.25) is 0 Å². The first kappa shape index (κ1) is 16.7. The van der Waals surface area contributed by atoms with Crippen molar-refractivity contribution in [2.45, 2.75) is 37.8 Å². The normalized spacial score (nSPS) is 13.6. The second-order valence-electron chi connectivity index (χ2n) is 4.42. The smallest absolute Gasteiger partial charge is 0.428 e. The average Bonchev–Trinajstić information content (AvgIpc) is 2.39. The largest absolute Gasteiger partial charge is 0.461 e. The first-order chi connectivity index (χ1) is 9.36. The van der Waals surface area contributed by atoms with E-state index in [0.29, 0.717) is 13.0 Å². The van der Waals surface area contributed by atoms with Gasteiger partial charge in [0, 0.05) is 6.04 Å². The average molecular weight is 294 g/mol. The number of hydrogen-bond acceptors (Lipinski definition) is 3. The fourth-order valence-electron chi connectivity index (χ4n) is 1.66. The van der Waals surface area contributed by atoms with Crippen LogP contribution in [-0.4, -0.2) is 19.1 Å². The Morgan fingerprint density at radius 1 is 1.10 bits per heavy atom. The quantitative estimate of drug-likeness (QED) is 0.572. The Balaban J connectivity index is 2.60. The second kappa shape index (κ2) is 7.44. The summed E-state index contributed by atoms with van der Waals surface area (Å²) in [4.78, 5) is 0. The highest BCUT2D eigenvalue weighted by atomic mass is 19.3. The van der Waals surface area contributed by atoms with Crippen LogP contribution in [-0.2, 0) is 0 Å². The molecule has 1 atom stereocenters. The van der Waals surface area contributed by atoms with E-state index in [1.54, 1.807) is 0 Å². The van der Waals surface area contributed by atoms with Crippen molar-refractivity contribution in [3.05, 3.63) is 29.8 Å². The van der Waals surface area contributed by atoms with Gasteiger partial charge in [0.1, 0.15) is 5.75 Å². The van der Waals surface area contributed by atoms with Crippen molar-refractivity contribution in [3.8, 4) is 5.75 Å². The van der Waals surface area contributed by atoms with Gasteiger partial charge in [-0.15, -0.1) is 0 Å². The summed E-state index contributed by atoms with van der Waals surface area (Å²) in [6.07, 6.45) is -5.94. The van der Waals surface area contributed by atoms with E-state index in [4.69, 9.17) is 11.5 Å². The van der Waals surface area contributed by atoms with Gasteiger partial charge in [-0.1, -0.05) is 18.6 Å². The van der Waals surface area contributed by atoms with E-state index < -0.39 is 12.5 Å². The van der Waals surface area contributed by atoms with Crippen molar-refractivity contribution < 1.29 is 22.3 Å². The van der Waals surface area contributed by atoms with Crippen molar-refractivity contribution in [1.29, 1.82) is 0 Å². The maximum atomic E-state index is 12.7. The number of halogens is 4. The molecule has 0 saturated carbocycles. The minimum absolute atomic E-state index is 0.244. The van der Waals surface area contributed by atoms with Gasteiger partial charge in [-0.3, -0.25) is 0 Å². The molecule has 1 rings (SSSR count). The van der Waals surface area contributed by atoms with Gasteiger partial charge in [-0.2, -0.15) is 17.6 Å². The van der Waals surface area contributed by atoms with Crippen LogP contribution >= 0.6 is 0 Å². The molecular weight excluding hydrogens is 276 g/mol. The molecule has 0 fully saturated rings. The summed E-state index contributed by atoms with van der Waals surface area (Å²) in [5.74, 6) is -0.326. The van der Waals surface area contributed by atoms with E-state index in [0.717, 1.165) is 18.4 Å². The molecule has 4 N–H and O–H groups in total. The van der Waals surface area contributed by atoms with Crippen molar-refractivity contribution in [3.63, 3.8) is 0 Å². The fraction of sp³-hybridized carbons (Fsp3) is 0.538. The van der Waals surface area contributed by atoms with Crippen molar-refractivity contribution in [1.82, 2.24) is 0 Å². The highest BCUT2D eigenvalue weighted by molar-refractivity contribution is 5.29. The van der Waals surface area contributed by atoms with Gasteiger partial charge < -0.3 is 16.2 Å². The lowest BCUT2D eigenvalue weighted by Crippen LogP contribution is -2.33. The Kier molecular flexibility index (Phi) is 6.22. The molecule has 3 nitrogen and oxygen atoms in total. The van der Waals surface area contributed by atoms with Crippen LogP contribution in [0, 0.1) is 0 Å². The molecule has 20 heavy (non-hydrogen) atoms. The van der Waals surface area contributed by atoms with Gasteiger partial charge in [0.15, 0.2) is 0 Å². The van der Waals surface area contributed by atoms with Crippen LogP contribution in [0.25, 0.3) is 0 Å². The Labute approximate surface area is 114 Å². The van der Waals surface area contributed by atoms with Crippen LogP contribution in [0.4, 0.5) is 17.6 Å². The van der Waals surface area contributed by atoms with Crippen molar-refractivity contribution in [2.24, 2.45) is 11.5 Å². The number of benzene rings is 1. The van der Waals surface area contributed by atoms with Gasteiger partial charge in [-0.05, 0) is 37.1 Å². The summed E-state index contributed by atoms with van der Waals surface area (Å²) in [5.41, 5.74) is 12.0. The van der Waals surface area contributed by atoms with E-state index in [2.05, 4.69) is 4.74 Å². The molecule has 1 aromatic rings. The summed E-state index contributed by atoms with van der Waals surface area (Å²) in [6, 6.07) is 5.14. The van der Waals surface area contributed by atoms with Gasteiger partial charge in [0.2, 0.25) is 0 Å². The molecule has 0 aliphatic heterocycles. The highest BCUT2D eigenvalue weighted by Gasteiger charge is 2.43. The van der Waals surface area contributed by atoms with Crippen LogP contribution in [0.1, 0.15) is 30.9 Å². The number of alkyl halides is 4. The molecule has 0 aliphatic carbocycles. The third-order valence-electron chi connectivity index (χ3n) is 2.79. The van der Waals surface area contributed by atoms with Gasteiger partial charge in [0.25, 0.3) is 0 Å². The summed E-state index contributed by atoms with van der Waals surface area (Å²) < 4.78 is 53.3. The molecule has 0 heterocycles. The SMILES string of the molecule is NCCCC[C@@H](N)c1ccc(OC(F)(F)C(F)F)cc1. The molecule has 0 bridgehead atoms. The molecular formula is C13H18F4N2O. The van der Waals surface area contributed by atoms with E-state index in [9.17, 15) is 17.6 Å². The topological polar surface area (TPSA) is 61.3 Å².